The van der Waals surface area contributed by atoms with Crippen LogP contribution in [0.25, 0.3) is 0 Å². The van der Waals surface area contributed by atoms with Gasteiger partial charge in [0.25, 0.3) is 0 Å². The summed E-state index contributed by atoms with van der Waals surface area (Å²) in [7, 11) is 0. The molecule has 4 unspecified atom stereocenters. The van der Waals surface area contributed by atoms with Gasteiger partial charge >= 0.3 is 0 Å². The van der Waals surface area contributed by atoms with Gasteiger partial charge in [0.05, 0.1) is 6.07 Å². The molecule has 0 aliphatic heterocycles. The zero-order valence-corrected chi connectivity index (χ0v) is 9.42. The van der Waals surface area contributed by atoms with Crippen molar-refractivity contribution in [2.75, 3.05) is 0 Å². The van der Waals surface area contributed by atoms with Crippen molar-refractivity contribution in [3.63, 3.8) is 0 Å². The highest BCUT2D eigenvalue weighted by molar-refractivity contribution is 4.98. The minimum atomic E-state index is 0.379. The van der Waals surface area contributed by atoms with Gasteiger partial charge in [-0.05, 0) is 49.4 Å². The van der Waals surface area contributed by atoms with E-state index in [1.165, 1.54) is 38.5 Å². The first-order chi connectivity index (χ1) is 6.67. The summed E-state index contributed by atoms with van der Waals surface area (Å²) in [6, 6.07) is 2.47. The Kier molecular flexibility index (Phi) is 2.56. The van der Waals surface area contributed by atoms with Crippen LogP contribution in [-0.2, 0) is 0 Å². The molecule has 78 valence electrons. The van der Waals surface area contributed by atoms with Crippen molar-refractivity contribution in [1.29, 1.82) is 5.26 Å². The van der Waals surface area contributed by atoms with Gasteiger partial charge in [-0.1, -0.05) is 20.3 Å². The zero-order valence-electron chi connectivity index (χ0n) is 9.42. The normalized spacial score (nSPS) is 47.1. The molecule has 0 N–H and O–H groups in total. The molecule has 1 heteroatoms. The van der Waals surface area contributed by atoms with Crippen LogP contribution in [-0.4, -0.2) is 0 Å². The van der Waals surface area contributed by atoms with Crippen molar-refractivity contribution in [3.05, 3.63) is 0 Å². The summed E-state index contributed by atoms with van der Waals surface area (Å²) < 4.78 is 0. The number of nitriles is 1. The zero-order chi connectivity index (χ0) is 10.2. The van der Waals surface area contributed by atoms with Crippen LogP contribution < -0.4 is 0 Å². The van der Waals surface area contributed by atoms with Crippen LogP contribution >= 0.6 is 0 Å². The molecule has 0 saturated heterocycles. The summed E-state index contributed by atoms with van der Waals surface area (Å²) in [5.41, 5.74) is 0.589. The minimum Gasteiger partial charge on any atom is -0.198 e. The largest absolute Gasteiger partial charge is 0.198 e. The summed E-state index contributed by atoms with van der Waals surface area (Å²) in [5, 5.41) is 8.95. The molecule has 0 spiro atoms. The predicted octanol–water partition coefficient (Wildman–Crippen LogP) is 3.75. The Morgan fingerprint density at radius 3 is 2.71 bits per heavy atom. The van der Waals surface area contributed by atoms with Gasteiger partial charge in [-0.2, -0.15) is 5.26 Å². The molecule has 0 aromatic rings. The Morgan fingerprint density at radius 2 is 2.07 bits per heavy atom. The Balaban J connectivity index is 2.02. The first-order valence-electron chi connectivity index (χ1n) is 6.06. The van der Waals surface area contributed by atoms with Crippen molar-refractivity contribution in [1.82, 2.24) is 0 Å². The summed E-state index contributed by atoms with van der Waals surface area (Å²) in [6.07, 6.45) is 7.85. The topological polar surface area (TPSA) is 23.8 Å². The lowest BCUT2D eigenvalue weighted by molar-refractivity contribution is 0.117. The lowest BCUT2D eigenvalue weighted by atomic mass is 9.66. The van der Waals surface area contributed by atoms with Crippen molar-refractivity contribution in [2.45, 2.75) is 52.4 Å². The maximum absolute atomic E-state index is 8.95. The SMILES string of the molecule is CCC1(C)CCC2CC(C#N)CC2C1. The van der Waals surface area contributed by atoms with Crippen LogP contribution in [0.1, 0.15) is 52.4 Å². The summed E-state index contributed by atoms with van der Waals surface area (Å²) >= 11 is 0. The molecular weight excluding hydrogens is 170 g/mol. The number of hydrogen-bond acceptors (Lipinski definition) is 1. The standard InChI is InChI=1S/C13H21N/c1-3-13(2)5-4-11-6-10(9-14)7-12(11)8-13/h10-12H,3-8H2,1-2H3. The Hall–Kier alpha value is -0.510. The van der Waals surface area contributed by atoms with Gasteiger partial charge in [0.1, 0.15) is 0 Å². The van der Waals surface area contributed by atoms with Crippen LogP contribution in [0.5, 0.6) is 0 Å². The van der Waals surface area contributed by atoms with Gasteiger partial charge in [-0.15, -0.1) is 0 Å². The van der Waals surface area contributed by atoms with Gasteiger partial charge in [-0.25, -0.2) is 0 Å². The van der Waals surface area contributed by atoms with Crippen molar-refractivity contribution in [3.8, 4) is 6.07 Å². The summed E-state index contributed by atoms with van der Waals surface area (Å²) in [4.78, 5) is 0. The smallest absolute Gasteiger partial charge is 0.0655 e. The average molecular weight is 191 g/mol. The molecule has 0 aromatic carbocycles. The maximum atomic E-state index is 8.95. The first kappa shape index (κ1) is 10.0. The van der Waals surface area contributed by atoms with Crippen LogP contribution in [0.15, 0.2) is 0 Å². The van der Waals surface area contributed by atoms with Gasteiger partial charge in [0.15, 0.2) is 0 Å². The third-order valence-corrected chi connectivity index (χ3v) is 4.75. The average Bonchev–Trinajstić information content (AvgIpc) is 2.59. The molecular formula is C13H21N. The molecule has 4 atom stereocenters. The molecule has 0 radical (unpaired) electrons. The van der Waals surface area contributed by atoms with E-state index in [9.17, 15) is 0 Å². The monoisotopic (exact) mass is 191 g/mol. The first-order valence-corrected chi connectivity index (χ1v) is 6.06. The molecule has 2 fully saturated rings. The van der Waals surface area contributed by atoms with E-state index < -0.39 is 0 Å². The Morgan fingerprint density at radius 1 is 1.36 bits per heavy atom. The third kappa shape index (κ3) is 1.67. The number of nitrogens with zero attached hydrogens (tertiary/aromatic N) is 1. The Labute approximate surface area is 87.5 Å². The van der Waals surface area contributed by atoms with Gasteiger partial charge in [-0.3, -0.25) is 0 Å². The molecule has 2 saturated carbocycles. The predicted molar refractivity (Wildman–Crippen MR) is 57.6 cm³/mol. The molecule has 0 aromatic heterocycles. The Bertz CT molecular complexity index is 252. The van der Waals surface area contributed by atoms with Crippen LogP contribution in [0.3, 0.4) is 0 Å². The van der Waals surface area contributed by atoms with E-state index in [1.54, 1.807) is 0 Å². The van der Waals surface area contributed by atoms with E-state index in [-0.39, 0.29) is 0 Å². The highest BCUT2D eigenvalue weighted by atomic mass is 14.5. The molecule has 0 amide bonds. The number of fused-ring (bicyclic) bond motifs is 1. The van der Waals surface area contributed by atoms with E-state index in [2.05, 4.69) is 19.9 Å². The van der Waals surface area contributed by atoms with Crippen LogP contribution in [0, 0.1) is 34.5 Å². The van der Waals surface area contributed by atoms with Gasteiger partial charge in [0.2, 0.25) is 0 Å². The second-order valence-electron chi connectivity index (χ2n) is 5.72. The third-order valence-electron chi connectivity index (χ3n) is 4.75. The van der Waals surface area contributed by atoms with Crippen LogP contribution in [0.2, 0.25) is 0 Å². The van der Waals surface area contributed by atoms with Crippen LogP contribution in [0.4, 0.5) is 0 Å². The highest BCUT2D eigenvalue weighted by Crippen LogP contribution is 2.52. The lowest BCUT2D eigenvalue weighted by Crippen LogP contribution is -2.28. The van der Waals surface area contributed by atoms with E-state index >= 15 is 0 Å². The van der Waals surface area contributed by atoms with E-state index in [4.69, 9.17) is 5.26 Å². The fourth-order valence-corrected chi connectivity index (χ4v) is 3.51. The molecule has 0 heterocycles. The second-order valence-corrected chi connectivity index (χ2v) is 5.72. The van der Waals surface area contributed by atoms with E-state index in [1.807, 2.05) is 0 Å². The minimum absolute atomic E-state index is 0.379. The molecule has 0 bridgehead atoms. The lowest BCUT2D eigenvalue weighted by Gasteiger charge is -2.39. The highest BCUT2D eigenvalue weighted by Gasteiger charge is 2.42. The molecule has 1 nitrogen and oxygen atoms in total. The maximum Gasteiger partial charge on any atom is 0.0655 e. The summed E-state index contributed by atoms with van der Waals surface area (Å²) in [6.45, 7) is 4.75. The van der Waals surface area contributed by atoms with Gasteiger partial charge < -0.3 is 0 Å². The number of hydrogen-bond donors (Lipinski definition) is 0. The molecule has 14 heavy (non-hydrogen) atoms. The molecule has 2 rings (SSSR count). The number of rotatable bonds is 1. The van der Waals surface area contributed by atoms with Gasteiger partial charge in [0, 0.05) is 5.92 Å². The fraction of sp³-hybridized carbons (Fsp3) is 0.923. The quantitative estimate of drug-likeness (QED) is 0.619. The van der Waals surface area contributed by atoms with E-state index in [0.29, 0.717) is 11.3 Å². The summed E-state index contributed by atoms with van der Waals surface area (Å²) in [5.74, 6) is 2.14. The van der Waals surface area contributed by atoms with Crippen molar-refractivity contribution >= 4 is 0 Å². The second kappa shape index (κ2) is 3.57. The molecule has 2 aliphatic carbocycles. The fourth-order valence-electron chi connectivity index (χ4n) is 3.51. The molecule has 2 aliphatic rings. The van der Waals surface area contributed by atoms with E-state index in [0.717, 1.165) is 11.8 Å². The van der Waals surface area contributed by atoms with Crippen molar-refractivity contribution < 1.29 is 0 Å². The van der Waals surface area contributed by atoms with Crippen molar-refractivity contribution in [2.24, 2.45) is 23.2 Å².